The molecule has 0 radical (unpaired) electrons. The summed E-state index contributed by atoms with van der Waals surface area (Å²) in [5, 5.41) is 7.84. The predicted molar refractivity (Wildman–Crippen MR) is 49.1 cm³/mol. The molecule has 10 heavy (non-hydrogen) atoms. The van der Waals surface area contributed by atoms with Crippen LogP contribution < -0.4 is 4.90 Å². The predicted octanol–water partition coefficient (Wildman–Crippen LogP) is 1.15. The highest BCUT2D eigenvalue weighted by atomic mass is 127. The van der Waals surface area contributed by atoms with Crippen molar-refractivity contribution in [1.82, 2.24) is 10.2 Å². The van der Waals surface area contributed by atoms with Gasteiger partial charge in [0.15, 0.2) is 5.82 Å². The highest BCUT2D eigenvalue weighted by molar-refractivity contribution is 14.1. The first-order valence-electron chi connectivity index (χ1n) is 2.86. The molecule has 0 aliphatic rings. The Hall–Kier alpha value is -0.390. The molecule has 54 valence electrons. The van der Waals surface area contributed by atoms with Crippen molar-refractivity contribution >= 4 is 28.4 Å². The highest BCUT2D eigenvalue weighted by Gasteiger charge is 1.94. The third-order valence-corrected chi connectivity index (χ3v) is 1.65. The van der Waals surface area contributed by atoms with E-state index < -0.39 is 0 Å². The van der Waals surface area contributed by atoms with E-state index in [0.717, 1.165) is 9.52 Å². The lowest BCUT2D eigenvalue weighted by Crippen LogP contribution is -2.11. The van der Waals surface area contributed by atoms with Crippen LogP contribution in [0.3, 0.4) is 0 Å². The van der Waals surface area contributed by atoms with Gasteiger partial charge in [-0.1, -0.05) is 0 Å². The van der Waals surface area contributed by atoms with E-state index in [1.54, 1.807) is 0 Å². The van der Waals surface area contributed by atoms with Crippen molar-refractivity contribution in [1.29, 1.82) is 0 Å². The number of anilines is 1. The zero-order valence-corrected chi connectivity index (χ0v) is 8.03. The van der Waals surface area contributed by atoms with Gasteiger partial charge in [-0.15, -0.1) is 10.2 Å². The number of halogens is 1. The molecule has 0 spiro atoms. The molecule has 0 N–H and O–H groups in total. The minimum Gasteiger partial charge on any atom is -0.361 e. The van der Waals surface area contributed by atoms with Gasteiger partial charge >= 0.3 is 0 Å². The van der Waals surface area contributed by atoms with Crippen LogP contribution in [0, 0.1) is 3.70 Å². The van der Waals surface area contributed by atoms with Gasteiger partial charge in [-0.2, -0.15) is 0 Å². The van der Waals surface area contributed by atoms with Crippen LogP contribution in [0.1, 0.15) is 0 Å². The lowest BCUT2D eigenvalue weighted by Gasteiger charge is -2.08. The van der Waals surface area contributed by atoms with Gasteiger partial charge in [-0.3, -0.25) is 0 Å². The summed E-state index contributed by atoms with van der Waals surface area (Å²) < 4.78 is 0.920. The van der Waals surface area contributed by atoms with Crippen LogP contribution in [0.25, 0.3) is 0 Å². The number of rotatable bonds is 1. The molecule has 0 aromatic carbocycles. The average molecular weight is 249 g/mol. The van der Waals surface area contributed by atoms with Gasteiger partial charge in [0.1, 0.15) is 3.70 Å². The monoisotopic (exact) mass is 249 g/mol. The Morgan fingerprint density at radius 3 is 2.40 bits per heavy atom. The van der Waals surface area contributed by atoms with Crippen molar-refractivity contribution in [2.24, 2.45) is 0 Å². The maximum atomic E-state index is 3.95. The van der Waals surface area contributed by atoms with Crippen LogP contribution in [0.5, 0.6) is 0 Å². The van der Waals surface area contributed by atoms with Crippen molar-refractivity contribution in [3.63, 3.8) is 0 Å². The second kappa shape index (κ2) is 3.14. The first-order chi connectivity index (χ1) is 4.70. The molecule has 0 saturated carbocycles. The quantitative estimate of drug-likeness (QED) is 0.699. The molecule has 0 saturated heterocycles. The number of aromatic nitrogens is 2. The van der Waals surface area contributed by atoms with Gasteiger partial charge in [-0.25, -0.2) is 0 Å². The zero-order valence-electron chi connectivity index (χ0n) is 5.87. The molecule has 0 fully saturated rings. The van der Waals surface area contributed by atoms with E-state index in [1.165, 1.54) is 0 Å². The Labute approximate surface area is 73.6 Å². The highest BCUT2D eigenvalue weighted by Crippen LogP contribution is 2.05. The smallest absolute Gasteiger partial charge is 0.150 e. The maximum Gasteiger partial charge on any atom is 0.150 e. The summed E-state index contributed by atoms with van der Waals surface area (Å²) in [7, 11) is 3.88. The molecule has 1 heterocycles. The summed E-state index contributed by atoms with van der Waals surface area (Å²) in [6.45, 7) is 0. The summed E-state index contributed by atoms with van der Waals surface area (Å²) in [6, 6.07) is 3.87. The Balaban J connectivity index is 2.89. The van der Waals surface area contributed by atoms with E-state index in [2.05, 4.69) is 32.8 Å². The minimum atomic E-state index is 0.889. The van der Waals surface area contributed by atoms with Crippen LogP contribution in [0.15, 0.2) is 12.1 Å². The zero-order chi connectivity index (χ0) is 7.56. The molecule has 1 aromatic rings. The average Bonchev–Trinajstić information content (AvgIpc) is 1.88. The fraction of sp³-hybridized carbons (Fsp3) is 0.333. The molecular weight excluding hydrogens is 241 g/mol. The summed E-state index contributed by atoms with van der Waals surface area (Å²) in [5.74, 6) is 0.889. The molecule has 1 aromatic heterocycles. The molecule has 0 amide bonds. The molecule has 4 heteroatoms. The first-order valence-corrected chi connectivity index (χ1v) is 3.94. The number of hydrogen-bond acceptors (Lipinski definition) is 3. The SMILES string of the molecule is CN(C)c1ccc(I)nn1. The lowest BCUT2D eigenvalue weighted by molar-refractivity contribution is 0.947. The second-order valence-electron chi connectivity index (χ2n) is 2.11. The lowest BCUT2D eigenvalue weighted by atomic mass is 10.5. The van der Waals surface area contributed by atoms with Gasteiger partial charge in [0.05, 0.1) is 0 Å². The van der Waals surface area contributed by atoms with Crippen molar-refractivity contribution in [2.45, 2.75) is 0 Å². The van der Waals surface area contributed by atoms with Crippen molar-refractivity contribution in [2.75, 3.05) is 19.0 Å². The molecule has 3 nitrogen and oxygen atoms in total. The Morgan fingerprint density at radius 1 is 1.30 bits per heavy atom. The normalized spacial score (nSPS) is 9.50. The third kappa shape index (κ3) is 1.80. The number of nitrogens with zero attached hydrogens (tertiary/aromatic N) is 3. The summed E-state index contributed by atoms with van der Waals surface area (Å²) in [4.78, 5) is 1.92. The van der Waals surface area contributed by atoms with Crippen LogP contribution in [-0.4, -0.2) is 24.3 Å². The molecule has 0 aliphatic carbocycles. The Morgan fingerprint density at radius 2 is 2.00 bits per heavy atom. The van der Waals surface area contributed by atoms with E-state index in [1.807, 2.05) is 31.1 Å². The van der Waals surface area contributed by atoms with E-state index >= 15 is 0 Å². The third-order valence-electron chi connectivity index (χ3n) is 1.08. The van der Waals surface area contributed by atoms with Crippen molar-refractivity contribution in [3.8, 4) is 0 Å². The standard InChI is InChI=1S/C6H8IN3/c1-10(2)6-4-3-5(7)8-9-6/h3-4H,1-2H3. The van der Waals surface area contributed by atoms with Crippen LogP contribution in [0.4, 0.5) is 5.82 Å². The summed E-state index contributed by atoms with van der Waals surface area (Å²) in [6.07, 6.45) is 0. The molecule has 0 atom stereocenters. The van der Waals surface area contributed by atoms with E-state index in [9.17, 15) is 0 Å². The Kier molecular flexibility index (Phi) is 2.42. The first kappa shape index (κ1) is 7.71. The van der Waals surface area contributed by atoms with E-state index in [0.29, 0.717) is 0 Å². The van der Waals surface area contributed by atoms with E-state index in [-0.39, 0.29) is 0 Å². The van der Waals surface area contributed by atoms with Gasteiger partial charge in [-0.05, 0) is 34.7 Å². The fourth-order valence-electron chi connectivity index (χ4n) is 0.547. The molecule has 1 rings (SSSR count). The summed E-state index contributed by atoms with van der Waals surface area (Å²) in [5.41, 5.74) is 0. The van der Waals surface area contributed by atoms with Gasteiger partial charge in [0, 0.05) is 14.1 Å². The van der Waals surface area contributed by atoms with Crippen molar-refractivity contribution < 1.29 is 0 Å². The van der Waals surface area contributed by atoms with Crippen LogP contribution in [-0.2, 0) is 0 Å². The van der Waals surface area contributed by atoms with Gasteiger partial charge in [0.25, 0.3) is 0 Å². The van der Waals surface area contributed by atoms with E-state index in [4.69, 9.17) is 0 Å². The molecule has 0 bridgehead atoms. The molecule has 0 aliphatic heterocycles. The van der Waals surface area contributed by atoms with Crippen molar-refractivity contribution in [3.05, 3.63) is 15.8 Å². The summed E-state index contributed by atoms with van der Waals surface area (Å²) >= 11 is 2.13. The Bertz CT molecular complexity index is 207. The van der Waals surface area contributed by atoms with Gasteiger partial charge < -0.3 is 4.90 Å². The topological polar surface area (TPSA) is 29.0 Å². The number of hydrogen-bond donors (Lipinski definition) is 0. The molecule has 0 unspecified atom stereocenters. The molecular formula is C6H8IN3. The second-order valence-corrected chi connectivity index (χ2v) is 3.21. The van der Waals surface area contributed by atoms with Crippen LogP contribution in [0.2, 0.25) is 0 Å². The largest absolute Gasteiger partial charge is 0.361 e. The minimum absolute atomic E-state index is 0.889. The maximum absolute atomic E-state index is 3.95. The van der Waals surface area contributed by atoms with Gasteiger partial charge in [0.2, 0.25) is 0 Å². The fourth-order valence-corrected chi connectivity index (χ4v) is 0.835. The van der Waals surface area contributed by atoms with Crippen LogP contribution >= 0.6 is 22.6 Å².